The first kappa shape index (κ1) is 19.9. The maximum Gasteiger partial charge on any atom is 0.254 e. The molecule has 4 rings (SSSR count). The van der Waals surface area contributed by atoms with Crippen LogP contribution in [0.3, 0.4) is 0 Å². The van der Waals surface area contributed by atoms with Crippen molar-refractivity contribution in [3.8, 4) is 5.75 Å². The molecule has 1 amide bonds. The Bertz CT molecular complexity index is 815. The van der Waals surface area contributed by atoms with E-state index in [2.05, 4.69) is 35.2 Å². The first-order valence-electron chi connectivity index (χ1n) is 10.5. The lowest BCUT2D eigenvalue weighted by Gasteiger charge is -2.26. The zero-order chi connectivity index (χ0) is 20.1. The molecule has 2 aliphatic heterocycles. The zero-order valence-corrected chi connectivity index (χ0v) is 17.2. The Morgan fingerprint density at radius 3 is 2.62 bits per heavy atom. The average molecular weight is 395 g/mol. The topological polar surface area (TPSA) is 42.0 Å². The number of ether oxygens (including phenoxy) is 2. The largest absolute Gasteiger partial charge is 0.497 e. The molecule has 29 heavy (non-hydrogen) atoms. The van der Waals surface area contributed by atoms with Gasteiger partial charge in [-0.05, 0) is 60.7 Å². The smallest absolute Gasteiger partial charge is 0.254 e. The lowest BCUT2D eigenvalue weighted by atomic mass is 9.97. The molecule has 2 saturated heterocycles. The second kappa shape index (κ2) is 9.42. The molecule has 0 radical (unpaired) electrons. The second-order valence-corrected chi connectivity index (χ2v) is 8.05. The Labute approximate surface area is 173 Å². The van der Waals surface area contributed by atoms with Gasteiger partial charge in [0.05, 0.1) is 20.3 Å². The number of carbonyl (C=O) groups excluding carboxylic acids is 1. The second-order valence-electron chi connectivity index (χ2n) is 8.05. The van der Waals surface area contributed by atoms with Crippen molar-refractivity contribution in [3.63, 3.8) is 0 Å². The monoisotopic (exact) mass is 394 g/mol. The predicted molar refractivity (Wildman–Crippen MR) is 113 cm³/mol. The molecule has 0 spiro atoms. The van der Waals surface area contributed by atoms with Crippen LogP contribution in [-0.4, -0.2) is 62.2 Å². The van der Waals surface area contributed by atoms with Crippen molar-refractivity contribution in [3.05, 3.63) is 65.2 Å². The third-order valence-corrected chi connectivity index (χ3v) is 5.93. The summed E-state index contributed by atoms with van der Waals surface area (Å²) in [6.07, 6.45) is 2.29. The Balaban J connectivity index is 1.29. The first-order chi connectivity index (χ1) is 14.2. The molecule has 2 aromatic carbocycles. The molecular formula is C24H30N2O3. The minimum atomic E-state index is 0.116. The van der Waals surface area contributed by atoms with Crippen LogP contribution in [0.5, 0.6) is 5.75 Å². The molecule has 5 nitrogen and oxygen atoms in total. The summed E-state index contributed by atoms with van der Waals surface area (Å²) in [6.45, 7) is 5.87. The van der Waals surface area contributed by atoms with Gasteiger partial charge in [-0.25, -0.2) is 0 Å². The maximum atomic E-state index is 12.6. The van der Waals surface area contributed by atoms with E-state index in [1.165, 1.54) is 17.5 Å². The van der Waals surface area contributed by atoms with Gasteiger partial charge in [0.25, 0.3) is 5.91 Å². The fraction of sp³-hybridized carbons (Fsp3) is 0.458. The van der Waals surface area contributed by atoms with E-state index in [0.717, 1.165) is 37.4 Å². The Morgan fingerprint density at radius 1 is 1.07 bits per heavy atom. The van der Waals surface area contributed by atoms with Gasteiger partial charge in [-0.3, -0.25) is 9.69 Å². The summed E-state index contributed by atoms with van der Waals surface area (Å²) >= 11 is 0. The van der Waals surface area contributed by atoms with Gasteiger partial charge in [0.15, 0.2) is 0 Å². The molecule has 2 aromatic rings. The summed E-state index contributed by atoms with van der Waals surface area (Å²) in [6, 6.07) is 16.5. The molecule has 1 unspecified atom stereocenters. The van der Waals surface area contributed by atoms with Gasteiger partial charge in [0, 0.05) is 31.7 Å². The molecule has 1 atom stereocenters. The molecular weight excluding hydrogens is 364 g/mol. The van der Waals surface area contributed by atoms with Crippen LogP contribution in [0.1, 0.15) is 27.9 Å². The number of rotatable bonds is 6. The molecule has 154 valence electrons. The molecule has 5 heteroatoms. The van der Waals surface area contributed by atoms with Crippen molar-refractivity contribution in [2.75, 3.05) is 46.5 Å². The highest BCUT2D eigenvalue weighted by atomic mass is 16.5. The first-order valence-corrected chi connectivity index (χ1v) is 10.5. The number of benzene rings is 2. The van der Waals surface area contributed by atoms with Crippen molar-refractivity contribution < 1.29 is 14.3 Å². The van der Waals surface area contributed by atoms with E-state index in [0.29, 0.717) is 32.2 Å². The van der Waals surface area contributed by atoms with Crippen LogP contribution in [0.2, 0.25) is 0 Å². The lowest BCUT2D eigenvalue weighted by molar-refractivity contribution is 0.0303. The summed E-state index contributed by atoms with van der Waals surface area (Å²) in [5.74, 6) is 1.71. The maximum absolute atomic E-state index is 12.6. The molecule has 0 aromatic heterocycles. The summed E-state index contributed by atoms with van der Waals surface area (Å²) in [4.78, 5) is 17.0. The molecule has 0 N–H and O–H groups in total. The number of nitrogens with zero attached hydrogens (tertiary/aromatic N) is 2. The average Bonchev–Trinajstić information content (AvgIpc) is 3.21. The van der Waals surface area contributed by atoms with E-state index in [4.69, 9.17) is 9.47 Å². The molecule has 0 saturated carbocycles. The van der Waals surface area contributed by atoms with Gasteiger partial charge in [-0.15, -0.1) is 0 Å². The minimum Gasteiger partial charge on any atom is -0.497 e. The molecule has 2 aliphatic rings. The van der Waals surface area contributed by atoms with Crippen molar-refractivity contribution >= 4 is 5.91 Å². The van der Waals surface area contributed by atoms with Crippen LogP contribution in [0.4, 0.5) is 0 Å². The number of morpholine rings is 1. The minimum absolute atomic E-state index is 0.116. The molecule has 0 aliphatic carbocycles. The Morgan fingerprint density at radius 2 is 1.86 bits per heavy atom. The number of hydrogen-bond donors (Lipinski definition) is 0. The SMILES string of the molecule is COc1cccc(CN2CCC(Cc3ccc(C(=O)N4CCOCC4)cc3)C2)c1. The van der Waals surface area contributed by atoms with E-state index in [-0.39, 0.29) is 5.91 Å². The number of likely N-dealkylation sites (tertiary alicyclic amines) is 1. The highest BCUT2D eigenvalue weighted by molar-refractivity contribution is 5.94. The Hall–Kier alpha value is -2.37. The van der Waals surface area contributed by atoms with E-state index >= 15 is 0 Å². The lowest BCUT2D eigenvalue weighted by Crippen LogP contribution is -2.40. The van der Waals surface area contributed by atoms with Gasteiger partial charge >= 0.3 is 0 Å². The van der Waals surface area contributed by atoms with Crippen LogP contribution < -0.4 is 4.74 Å². The summed E-state index contributed by atoms with van der Waals surface area (Å²) in [5, 5.41) is 0. The predicted octanol–water partition coefficient (Wildman–Crippen LogP) is 3.23. The molecule has 0 bridgehead atoms. The number of methoxy groups -OCH3 is 1. The van der Waals surface area contributed by atoms with Crippen LogP contribution in [-0.2, 0) is 17.7 Å². The van der Waals surface area contributed by atoms with E-state index in [1.807, 2.05) is 23.1 Å². The van der Waals surface area contributed by atoms with Crippen molar-refractivity contribution in [1.82, 2.24) is 9.80 Å². The number of carbonyl (C=O) groups is 1. The summed E-state index contributed by atoms with van der Waals surface area (Å²) < 4.78 is 10.7. The highest BCUT2D eigenvalue weighted by Gasteiger charge is 2.23. The summed E-state index contributed by atoms with van der Waals surface area (Å²) in [7, 11) is 1.71. The van der Waals surface area contributed by atoms with Gasteiger partial charge < -0.3 is 14.4 Å². The zero-order valence-electron chi connectivity index (χ0n) is 17.2. The standard InChI is InChI=1S/C24H30N2O3/c1-28-23-4-2-3-20(16-23)17-25-10-9-21(18-25)15-19-5-7-22(8-6-19)24(27)26-11-13-29-14-12-26/h2-8,16,21H,9-15,17-18H2,1H3. The third-order valence-electron chi connectivity index (χ3n) is 5.93. The quantitative estimate of drug-likeness (QED) is 0.754. The fourth-order valence-corrected chi connectivity index (χ4v) is 4.32. The van der Waals surface area contributed by atoms with E-state index in [1.54, 1.807) is 7.11 Å². The fourth-order valence-electron chi connectivity index (χ4n) is 4.32. The van der Waals surface area contributed by atoms with Crippen molar-refractivity contribution in [2.24, 2.45) is 5.92 Å². The molecule has 2 heterocycles. The number of amides is 1. The summed E-state index contributed by atoms with van der Waals surface area (Å²) in [5.41, 5.74) is 3.40. The van der Waals surface area contributed by atoms with Crippen LogP contribution in [0.25, 0.3) is 0 Å². The van der Waals surface area contributed by atoms with Gasteiger partial charge in [0.2, 0.25) is 0 Å². The highest BCUT2D eigenvalue weighted by Crippen LogP contribution is 2.24. The van der Waals surface area contributed by atoms with Gasteiger partial charge in [-0.1, -0.05) is 24.3 Å². The normalized spacial score (nSPS) is 20.0. The van der Waals surface area contributed by atoms with Crippen LogP contribution >= 0.6 is 0 Å². The number of hydrogen-bond acceptors (Lipinski definition) is 4. The van der Waals surface area contributed by atoms with E-state index in [9.17, 15) is 4.79 Å². The molecule has 2 fully saturated rings. The Kier molecular flexibility index (Phi) is 6.47. The van der Waals surface area contributed by atoms with Crippen LogP contribution in [0, 0.1) is 5.92 Å². The van der Waals surface area contributed by atoms with Gasteiger partial charge in [-0.2, -0.15) is 0 Å². The third kappa shape index (κ3) is 5.17. The van der Waals surface area contributed by atoms with Crippen LogP contribution in [0.15, 0.2) is 48.5 Å². The van der Waals surface area contributed by atoms with Gasteiger partial charge in [0.1, 0.15) is 5.75 Å². The van der Waals surface area contributed by atoms with Crippen molar-refractivity contribution in [2.45, 2.75) is 19.4 Å². The van der Waals surface area contributed by atoms with Crippen molar-refractivity contribution in [1.29, 1.82) is 0 Å². The van der Waals surface area contributed by atoms with E-state index < -0.39 is 0 Å².